The van der Waals surface area contributed by atoms with Crippen molar-refractivity contribution in [3.63, 3.8) is 0 Å². The molecule has 0 saturated heterocycles. The summed E-state index contributed by atoms with van der Waals surface area (Å²) >= 11 is 0. The number of nitro benzene ring substituents is 1. The summed E-state index contributed by atoms with van der Waals surface area (Å²) < 4.78 is 1.94. The lowest BCUT2D eigenvalue weighted by atomic mass is 10.1. The lowest BCUT2D eigenvalue weighted by molar-refractivity contribution is -0.384. The van der Waals surface area contributed by atoms with E-state index in [0.29, 0.717) is 13.0 Å². The molecule has 1 aromatic heterocycles. The fourth-order valence-electron chi connectivity index (χ4n) is 3.49. The maximum Gasteiger partial charge on any atom is 0.269 e. The van der Waals surface area contributed by atoms with Crippen LogP contribution in [0.3, 0.4) is 0 Å². The van der Waals surface area contributed by atoms with Gasteiger partial charge in [-0.2, -0.15) is 0 Å². The molecule has 8 heteroatoms. The highest BCUT2D eigenvalue weighted by atomic mass is 16.6. The van der Waals surface area contributed by atoms with Crippen LogP contribution < -0.4 is 5.32 Å². The van der Waals surface area contributed by atoms with Gasteiger partial charge in [0, 0.05) is 49.7 Å². The van der Waals surface area contributed by atoms with Gasteiger partial charge in [-0.05, 0) is 56.1 Å². The van der Waals surface area contributed by atoms with Gasteiger partial charge in [0.15, 0.2) is 0 Å². The Bertz CT molecular complexity index is 1060. The SMILES string of the molecule is CN(CCCCNC(=O)C/C=C/c1ccc(-n2ccnc2)cc1)CCc1ccc([N+](=O)[O-])cc1. The van der Waals surface area contributed by atoms with Gasteiger partial charge in [0.05, 0.1) is 11.3 Å². The third kappa shape index (κ3) is 8.29. The molecule has 3 aromatic rings. The van der Waals surface area contributed by atoms with Gasteiger partial charge in [-0.1, -0.05) is 36.4 Å². The second-order valence-corrected chi connectivity index (χ2v) is 8.20. The van der Waals surface area contributed by atoms with Crippen LogP contribution in [0.25, 0.3) is 11.8 Å². The minimum absolute atomic E-state index is 0.0258. The van der Waals surface area contributed by atoms with Crippen LogP contribution in [0.15, 0.2) is 73.3 Å². The Morgan fingerprint density at radius 3 is 2.56 bits per heavy atom. The number of nitrogens with one attached hydrogen (secondary N) is 1. The molecule has 1 N–H and O–H groups in total. The van der Waals surface area contributed by atoms with E-state index in [1.54, 1.807) is 24.7 Å². The van der Waals surface area contributed by atoms with E-state index in [1.165, 1.54) is 0 Å². The van der Waals surface area contributed by atoms with Crippen LogP contribution in [0.2, 0.25) is 0 Å². The van der Waals surface area contributed by atoms with E-state index < -0.39 is 0 Å². The van der Waals surface area contributed by atoms with Crippen LogP contribution in [-0.2, 0) is 11.2 Å². The molecular weight excluding hydrogens is 430 g/mol. The maximum absolute atomic E-state index is 12.0. The number of hydrogen-bond acceptors (Lipinski definition) is 5. The van der Waals surface area contributed by atoms with Crippen LogP contribution in [0.5, 0.6) is 0 Å². The summed E-state index contributed by atoms with van der Waals surface area (Å²) in [6, 6.07) is 14.8. The molecule has 0 atom stereocenters. The first-order valence-electron chi connectivity index (χ1n) is 11.4. The molecule has 0 radical (unpaired) electrons. The van der Waals surface area contributed by atoms with Crippen molar-refractivity contribution < 1.29 is 9.72 Å². The van der Waals surface area contributed by atoms with Gasteiger partial charge in [-0.15, -0.1) is 0 Å². The van der Waals surface area contributed by atoms with E-state index in [0.717, 1.165) is 49.2 Å². The summed E-state index contributed by atoms with van der Waals surface area (Å²) in [5.74, 6) is 0.0258. The van der Waals surface area contributed by atoms with Gasteiger partial charge >= 0.3 is 0 Å². The highest BCUT2D eigenvalue weighted by Crippen LogP contribution is 2.13. The fraction of sp³-hybridized carbons (Fsp3) is 0.308. The number of benzene rings is 2. The van der Waals surface area contributed by atoms with Crippen LogP contribution in [0, 0.1) is 10.1 Å². The predicted octanol–water partition coefficient (Wildman–Crippen LogP) is 4.25. The van der Waals surface area contributed by atoms with E-state index in [2.05, 4.69) is 22.2 Å². The largest absolute Gasteiger partial charge is 0.356 e. The quantitative estimate of drug-likeness (QED) is 0.233. The zero-order valence-electron chi connectivity index (χ0n) is 19.5. The van der Waals surface area contributed by atoms with E-state index in [9.17, 15) is 14.9 Å². The number of non-ortho nitro benzene ring substituents is 1. The molecule has 2 aromatic carbocycles. The minimum Gasteiger partial charge on any atom is -0.356 e. The van der Waals surface area contributed by atoms with Crippen molar-refractivity contribution in [2.45, 2.75) is 25.7 Å². The molecule has 0 aliphatic rings. The summed E-state index contributed by atoms with van der Waals surface area (Å²) in [6.45, 7) is 2.50. The molecule has 3 rings (SSSR count). The smallest absolute Gasteiger partial charge is 0.269 e. The second-order valence-electron chi connectivity index (χ2n) is 8.20. The molecule has 0 aliphatic carbocycles. The van der Waals surface area contributed by atoms with E-state index >= 15 is 0 Å². The van der Waals surface area contributed by atoms with Crippen LogP contribution in [0.4, 0.5) is 5.69 Å². The Balaban J connectivity index is 1.25. The van der Waals surface area contributed by atoms with Crippen LogP contribution in [-0.4, -0.2) is 52.0 Å². The molecule has 34 heavy (non-hydrogen) atoms. The van der Waals surface area contributed by atoms with E-state index in [1.807, 2.05) is 59.3 Å². The standard InChI is InChI=1S/C26H31N5O3/c1-29(19-15-23-9-13-25(14-10-23)31(33)34)18-3-2-16-28-26(32)6-4-5-22-7-11-24(12-8-22)30-20-17-27-21-30/h4-5,7-14,17,20-21H,2-3,6,15-16,18-19H2,1H3,(H,28,32)/b5-4+. The molecular formula is C26H31N5O3. The average molecular weight is 462 g/mol. The van der Waals surface area contributed by atoms with Crippen molar-refractivity contribution in [2.75, 3.05) is 26.7 Å². The fourth-order valence-corrected chi connectivity index (χ4v) is 3.49. The summed E-state index contributed by atoms with van der Waals surface area (Å²) in [4.78, 5) is 28.7. The number of hydrogen-bond donors (Lipinski definition) is 1. The molecule has 0 bridgehead atoms. The van der Waals surface area contributed by atoms with Crippen LogP contribution >= 0.6 is 0 Å². The number of aromatic nitrogens is 2. The first-order valence-corrected chi connectivity index (χ1v) is 11.4. The number of amides is 1. The molecule has 0 unspecified atom stereocenters. The van der Waals surface area contributed by atoms with E-state index in [-0.39, 0.29) is 16.5 Å². The molecule has 1 heterocycles. The van der Waals surface area contributed by atoms with Gasteiger partial charge in [-0.3, -0.25) is 14.9 Å². The maximum atomic E-state index is 12.0. The van der Waals surface area contributed by atoms with Crippen molar-refractivity contribution in [3.8, 4) is 5.69 Å². The Morgan fingerprint density at radius 2 is 1.88 bits per heavy atom. The van der Waals surface area contributed by atoms with Crippen molar-refractivity contribution in [1.29, 1.82) is 0 Å². The number of likely N-dealkylation sites (N-methyl/N-ethyl adjacent to an activating group) is 1. The number of nitrogens with zero attached hydrogens (tertiary/aromatic N) is 4. The lowest BCUT2D eigenvalue weighted by Crippen LogP contribution is -2.26. The minimum atomic E-state index is -0.382. The van der Waals surface area contributed by atoms with E-state index in [4.69, 9.17) is 0 Å². The van der Waals surface area contributed by atoms with Crippen molar-refractivity contribution in [2.24, 2.45) is 0 Å². The van der Waals surface area contributed by atoms with Gasteiger partial charge in [-0.25, -0.2) is 4.98 Å². The van der Waals surface area contributed by atoms with Gasteiger partial charge < -0.3 is 14.8 Å². The molecule has 178 valence electrons. The molecule has 8 nitrogen and oxygen atoms in total. The number of nitro groups is 1. The number of carbonyl (C=O) groups is 1. The number of unbranched alkanes of at least 4 members (excludes halogenated alkanes) is 1. The van der Waals surface area contributed by atoms with Gasteiger partial charge in [0.1, 0.15) is 0 Å². The van der Waals surface area contributed by atoms with Crippen molar-refractivity contribution in [1.82, 2.24) is 19.8 Å². The molecule has 0 fully saturated rings. The summed E-state index contributed by atoms with van der Waals surface area (Å²) in [5.41, 5.74) is 3.31. The van der Waals surface area contributed by atoms with Gasteiger partial charge in [0.25, 0.3) is 5.69 Å². The number of imidazole rings is 1. The summed E-state index contributed by atoms with van der Waals surface area (Å²) in [7, 11) is 2.07. The monoisotopic (exact) mass is 461 g/mol. The lowest BCUT2D eigenvalue weighted by Gasteiger charge is -2.16. The molecule has 1 amide bonds. The Hall–Kier alpha value is -3.78. The van der Waals surface area contributed by atoms with Gasteiger partial charge in [0.2, 0.25) is 5.91 Å². The Labute approximate surface area is 200 Å². The predicted molar refractivity (Wildman–Crippen MR) is 134 cm³/mol. The third-order valence-electron chi connectivity index (χ3n) is 5.53. The zero-order valence-corrected chi connectivity index (χ0v) is 19.5. The van der Waals surface area contributed by atoms with Crippen molar-refractivity contribution >= 4 is 17.7 Å². The highest BCUT2D eigenvalue weighted by molar-refractivity contribution is 5.78. The average Bonchev–Trinajstić information content (AvgIpc) is 3.38. The molecule has 0 spiro atoms. The number of rotatable bonds is 13. The Kier molecular flexibility index (Phi) is 9.54. The topological polar surface area (TPSA) is 93.3 Å². The first-order chi connectivity index (χ1) is 16.5. The Morgan fingerprint density at radius 1 is 1.12 bits per heavy atom. The molecule has 0 aliphatic heterocycles. The zero-order chi connectivity index (χ0) is 24.2. The van der Waals surface area contributed by atoms with Crippen molar-refractivity contribution in [3.05, 3.63) is 94.6 Å². The summed E-state index contributed by atoms with van der Waals surface area (Å²) in [6.07, 6.45) is 12.4. The normalized spacial score (nSPS) is 11.2. The second kappa shape index (κ2) is 13.1. The first kappa shape index (κ1) is 24.9. The third-order valence-corrected chi connectivity index (χ3v) is 5.53. The van der Waals surface area contributed by atoms with Crippen LogP contribution in [0.1, 0.15) is 30.4 Å². The summed E-state index contributed by atoms with van der Waals surface area (Å²) in [5, 5.41) is 13.7. The number of carbonyl (C=O) groups excluding carboxylic acids is 1. The highest BCUT2D eigenvalue weighted by Gasteiger charge is 2.05. The molecule has 0 saturated carbocycles.